The minimum absolute atomic E-state index is 0.142. The summed E-state index contributed by atoms with van der Waals surface area (Å²) in [5.41, 5.74) is 10.9. The molecule has 0 fully saturated rings. The van der Waals surface area contributed by atoms with Crippen molar-refractivity contribution < 1.29 is 9.53 Å². The molecule has 7 nitrogen and oxygen atoms in total. The Morgan fingerprint density at radius 2 is 1.71 bits per heavy atom. The van der Waals surface area contributed by atoms with E-state index in [0.29, 0.717) is 36.4 Å². The molecular formula is C27H38N4O3. The van der Waals surface area contributed by atoms with Gasteiger partial charge in [-0.1, -0.05) is 38.0 Å². The number of hydrogen-bond donors (Lipinski definition) is 1. The van der Waals surface area contributed by atoms with Crippen molar-refractivity contribution in [2.75, 3.05) is 13.2 Å². The number of nitrogens with two attached hydrogens (primary N) is 1. The molecule has 2 N–H and O–H groups in total. The lowest BCUT2D eigenvalue weighted by Crippen LogP contribution is -2.21. The Morgan fingerprint density at radius 1 is 1.00 bits per heavy atom. The van der Waals surface area contributed by atoms with Crippen molar-refractivity contribution in [3.63, 3.8) is 0 Å². The summed E-state index contributed by atoms with van der Waals surface area (Å²) in [5.74, 6) is -0.498. The van der Waals surface area contributed by atoms with Gasteiger partial charge in [-0.25, -0.2) is 4.68 Å². The third-order valence-electron chi connectivity index (χ3n) is 6.57. The predicted octanol–water partition coefficient (Wildman–Crippen LogP) is 4.52. The molecule has 2 heterocycles. The monoisotopic (exact) mass is 466 g/mol. The maximum absolute atomic E-state index is 13.8. The fraction of sp³-hybridized carbons (Fsp3) is 0.481. The van der Waals surface area contributed by atoms with E-state index >= 15 is 0 Å². The van der Waals surface area contributed by atoms with Crippen molar-refractivity contribution in [2.24, 2.45) is 12.8 Å². The number of primary amides is 1. The van der Waals surface area contributed by atoms with Crippen LogP contribution in [0, 0.1) is 13.8 Å². The quantitative estimate of drug-likeness (QED) is 0.398. The summed E-state index contributed by atoms with van der Waals surface area (Å²) < 4.78 is 11.2. The van der Waals surface area contributed by atoms with E-state index in [2.05, 4.69) is 11.5 Å². The summed E-state index contributed by atoms with van der Waals surface area (Å²) in [6, 6.07) is 9.56. The number of carbonyl (C=O) groups excluding carboxylic acids is 1. The van der Waals surface area contributed by atoms with E-state index in [1.807, 2.05) is 62.8 Å². The molecule has 3 aromatic rings. The number of ether oxygens (including phenoxy) is 1. The summed E-state index contributed by atoms with van der Waals surface area (Å²) in [6.45, 7) is 10.0. The van der Waals surface area contributed by atoms with Gasteiger partial charge >= 0.3 is 0 Å². The maximum atomic E-state index is 13.8. The third kappa shape index (κ3) is 4.89. The van der Waals surface area contributed by atoms with Crippen LogP contribution in [0.2, 0.25) is 0 Å². The van der Waals surface area contributed by atoms with Crippen LogP contribution in [0.3, 0.4) is 0 Å². The minimum Gasteiger partial charge on any atom is -0.382 e. The molecule has 0 saturated carbocycles. The normalized spacial score (nSPS) is 11.3. The summed E-state index contributed by atoms with van der Waals surface area (Å²) in [4.78, 5) is 26.6. The highest BCUT2D eigenvalue weighted by molar-refractivity contribution is 6.02. The third-order valence-corrected chi connectivity index (χ3v) is 6.57. The molecule has 3 rings (SSSR count). The fourth-order valence-corrected chi connectivity index (χ4v) is 4.80. The fourth-order valence-electron chi connectivity index (χ4n) is 4.80. The summed E-state index contributed by atoms with van der Waals surface area (Å²) in [5, 5.41) is 0. The Kier molecular flexibility index (Phi) is 8.56. The second-order valence-electron chi connectivity index (χ2n) is 8.74. The van der Waals surface area contributed by atoms with Gasteiger partial charge in [0.1, 0.15) is 0 Å². The first-order chi connectivity index (χ1) is 16.3. The number of aromatic nitrogens is 3. The average Bonchev–Trinajstić information content (AvgIpc) is 3.21. The molecule has 0 aliphatic rings. The second kappa shape index (κ2) is 11.4. The average molecular weight is 467 g/mol. The highest BCUT2D eigenvalue weighted by Crippen LogP contribution is 2.35. The molecule has 0 aliphatic heterocycles. The van der Waals surface area contributed by atoms with Gasteiger partial charge in [-0.2, -0.15) is 0 Å². The van der Waals surface area contributed by atoms with Crippen LogP contribution >= 0.6 is 0 Å². The predicted molar refractivity (Wildman–Crippen MR) is 137 cm³/mol. The van der Waals surface area contributed by atoms with Gasteiger partial charge in [0.15, 0.2) is 0 Å². The number of carbonyl (C=O) groups is 1. The van der Waals surface area contributed by atoms with E-state index in [1.165, 1.54) is 0 Å². The first-order valence-electron chi connectivity index (χ1n) is 12.3. The zero-order chi connectivity index (χ0) is 24.8. The van der Waals surface area contributed by atoms with Gasteiger partial charge in [0, 0.05) is 49.5 Å². The molecule has 0 saturated heterocycles. The van der Waals surface area contributed by atoms with E-state index in [9.17, 15) is 9.59 Å². The van der Waals surface area contributed by atoms with E-state index in [-0.39, 0.29) is 5.56 Å². The van der Waals surface area contributed by atoms with E-state index in [0.717, 1.165) is 54.9 Å². The number of hydrogen-bond acceptors (Lipinski definition) is 3. The SMILES string of the molecule is CCCCCc1c(-c2c(C)n(C)n(-c3ccccc3)c2=O)c(C(N)=O)c(C)n1CCCOCC. The molecule has 1 aromatic carbocycles. The smallest absolute Gasteiger partial charge is 0.279 e. The van der Waals surface area contributed by atoms with Gasteiger partial charge in [-0.3, -0.25) is 14.3 Å². The Labute approximate surface area is 202 Å². The molecule has 0 radical (unpaired) electrons. The van der Waals surface area contributed by atoms with Gasteiger partial charge in [-0.15, -0.1) is 0 Å². The molecule has 2 aromatic heterocycles. The van der Waals surface area contributed by atoms with Crippen LogP contribution < -0.4 is 11.3 Å². The van der Waals surface area contributed by atoms with Crippen molar-refractivity contribution in [3.8, 4) is 16.8 Å². The van der Waals surface area contributed by atoms with Crippen LogP contribution in [-0.4, -0.2) is 33.1 Å². The Hall–Kier alpha value is -3.06. The van der Waals surface area contributed by atoms with Crippen molar-refractivity contribution in [3.05, 3.63) is 63.3 Å². The van der Waals surface area contributed by atoms with E-state index < -0.39 is 5.91 Å². The number of unbranched alkanes of at least 4 members (excludes halogenated alkanes) is 2. The molecule has 184 valence electrons. The molecule has 0 bridgehead atoms. The lowest BCUT2D eigenvalue weighted by Gasteiger charge is -2.13. The first kappa shape index (κ1) is 25.6. The second-order valence-corrected chi connectivity index (χ2v) is 8.74. The summed E-state index contributed by atoms with van der Waals surface area (Å²) >= 11 is 0. The number of para-hydroxylation sites is 1. The zero-order valence-electron chi connectivity index (χ0n) is 21.2. The van der Waals surface area contributed by atoms with E-state index in [4.69, 9.17) is 10.5 Å². The van der Waals surface area contributed by atoms with Gasteiger partial charge in [-0.05, 0) is 52.2 Å². The Bertz CT molecular complexity index is 1190. The first-order valence-corrected chi connectivity index (χ1v) is 12.3. The molecule has 0 spiro atoms. The maximum Gasteiger partial charge on any atom is 0.279 e. The van der Waals surface area contributed by atoms with Crippen LogP contribution in [0.1, 0.15) is 67.0 Å². The van der Waals surface area contributed by atoms with Crippen LogP contribution in [0.4, 0.5) is 0 Å². The number of amides is 1. The minimum atomic E-state index is -0.498. The molecule has 0 atom stereocenters. The van der Waals surface area contributed by atoms with E-state index in [1.54, 1.807) is 4.68 Å². The number of benzene rings is 1. The van der Waals surface area contributed by atoms with Gasteiger partial charge in [0.2, 0.25) is 0 Å². The zero-order valence-corrected chi connectivity index (χ0v) is 21.2. The van der Waals surface area contributed by atoms with Gasteiger partial charge in [0.05, 0.1) is 16.8 Å². The molecular weight excluding hydrogens is 428 g/mol. The standard InChI is InChI=1S/C27H38N4O3/c1-6-8-10-16-22-25(23(26(28)32)20(4)30(22)17-13-18-34-7-2)24-19(3)29(5)31(27(24)33)21-14-11-9-12-15-21/h9,11-12,14-15H,6-8,10,13,16-18H2,1-5H3,(H2,28,32). The largest absolute Gasteiger partial charge is 0.382 e. The molecule has 0 aliphatic carbocycles. The Morgan fingerprint density at radius 3 is 2.32 bits per heavy atom. The van der Waals surface area contributed by atoms with Crippen LogP contribution in [0.5, 0.6) is 0 Å². The van der Waals surface area contributed by atoms with Gasteiger partial charge < -0.3 is 15.0 Å². The summed E-state index contributed by atoms with van der Waals surface area (Å²) in [7, 11) is 1.87. The van der Waals surface area contributed by atoms with Crippen LogP contribution in [0.15, 0.2) is 35.1 Å². The van der Waals surface area contributed by atoms with Crippen molar-refractivity contribution in [2.45, 2.75) is 66.3 Å². The number of rotatable bonds is 12. The van der Waals surface area contributed by atoms with Crippen molar-refractivity contribution in [1.29, 1.82) is 0 Å². The van der Waals surface area contributed by atoms with Crippen molar-refractivity contribution >= 4 is 5.91 Å². The molecule has 7 heteroatoms. The van der Waals surface area contributed by atoms with Gasteiger partial charge in [0.25, 0.3) is 11.5 Å². The lowest BCUT2D eigenvalue weighted by molar-refractivity contribution is 0.1000. The highest BCUT2D eigenvalue weighted by Gasteiger charge is 2.29. The molecule has 0 unspecified atom stereocenters. The molecule has 1 amide bonds. The Balaban J connectivity index is 2.26. The lowest BCUT2D eigenvalue weighted by atomic mass is 9.97. The highest BCUT2D eigenvalue weighted by atomic mass is 16.5. The van der Waals surface area contributed by atoms with Crippen LogP contribution in [0.25, 0.3) is 16.8 Å². The topological polar surface area (TPSA) is 84.2 Å². The summed E-state index contributed by atoms with van der Waals surface area (Å²) in [6.07, 6.45) is 4.76. The van der Waals surface area contributed by atoms with Crippen LogP contribution in [-0.2, 0) is 24.8 Å². The number of nitrogens with zero attached hydrogens (tertiary/aromatic N) is 3. The molecule has 34 heavy (non-hydrogen) atoms. The van der Waals surface area contributed by atoms with Crippen molar-refractivity contribution in [1.82, 2.24) is 13.9 Å².